The Bertz CT molecular complexity index is 1800. The second-order valence-electron chi connectivity index (χ2n) is 14.3. The number of benzene rings is 2. The first kappa shape index (κ1) is 39.5. The number of ether oxygens (including phenoxy) is 3. The first-order valence-corrected chi connectivity index (χ1v) is 19.6. The van der Waals surface area contributed by atoms with Gasteiger partial charge in [0, 0.05) is 56.8 Å². The molecule has 294 valence electrons. The van der Waals surface area contributed by atoms with Crippen LogP contribution >= 0.6 is 0 Å². The van der Waals surface area contributed by atoms with Crippen LogP contribution < -0.4 is 15.4 Å². The molecule has 3 aromatic rings. The van der Waals surface area contributed by atoms with Gasteiger partial charge in [-0.3, -0.25) is 19.2 Å². The Labute approximate surface area is 321 Å². The Morgan fingerprint density at radius 2 is 1.62 bits per heavy atom. The van der Waals surface area contributed by atoms with Crippen molar-refractivity contribution in [3.05, 3.63) is 71.9 Å². The minimum Gasteiger partial charge on any atom is -0.483 e. The fraction of sp³-hybridized carbons (Fsp3) is 0.512. The van der Waals surface area contributed by atoms with Gasteiger partial charge in [0.05, 0.1) is 18.7 Å². The molecule has 0 radical (unpaired) electrons. The third kappa shape index (κ3) is 10.5. The molecule has 3 fully saturated rings. The number of piperazine rings is 1. The number of carbonyl (C=O) groups is 5. The van der Waals surface area contributed by atoms with E-state index in [2.05, 4.69) is 15.6 Å². The summed E-state index contributed by atoms with van der Waals surface area (Å²) in [5.74, 6) is -1.03. The van der Waals surface area contributed by atoms with Crippen LogP contribution in [0.3, 0.4) is 0 Å². The van der Waals surface area contributed by atoms with Crippen LogP contribution in [-0.4, -0.2) is 120 Å². The van der Waals surface area contributed by atoms with E-state index in [4.69, 9.17) is 14.2 Å². The zero-order chi connectivity index (χ0) is 38.6. The molecule has 0 bridgehead atoms. The van der Waals surface area contributed by atoms with Crippen molar-refractivity contribution in [2.75, 3.05) is 52.5 Å². The van der Waals surface area contributed by atoms with E-state index in [0.717, 1.165) is 44.1 Å². The second kappa shape index (κ2) is 19.4. The normalized spacial score (nSPS) is 17.7. The van der Waals surface area contributed by atoms with Crippen molar-refractivity contribution in [1.82, 2.24) is 30.3 Å². The first-order valence-electron chi connectivity index (χ1n) is 19.6. The highest BCUT2D eigenvalue weighted by molar-refractivity contribution is 5.99. The van der Waals surface area contributed by atoms with Gasteiger partial charge >= 0.3 is 6.09 Å². The molecule has 3 heterocycles. The number of unbranched alkanes of at least 4 members (excludes halogenated alkanes) is 1. The molecule has 2 saturated heterocycles. The molecule has 2 atom stereocenters. The van der Waals surface area contributed by atoms with Gasteiger partial charge in [-0.2, -0.15) is 0 Å². The van der Waals surface area contributed by atoms with Gasteiger partial charge in [0.25, 0.3) is 11.8 Å². The van der Waals surface area contributed by atoms with Crippen molar-refractivity contribution in [2.45, 2.75) is 83.0 Å². The van der Waals surface area contributed by atoms with E-state index in [-0.39, 0.29) is 54.8 Å². The zero-order valence-electron chi connectivity index (χ0n) is 31.6. The maximum Gasteiger partial charge on any atom is 0.409 e. The van der Waals surface area contributed by atoms with Crippen LogP contribution in [0.5, 0.6) is 5.75 Å². The summed E-state index contributed by atoms with van der Waals surface area (Å²) in [6.45, 7) is 4.30. The lowest BCUT2D eigenvalue weighted by molar-refractivity contribution is -0.140. The number of aromatic nitrogens is 1. The van der Waals surface area contributed by atoms with Crippen molar-refractivity contribution >= 4 is 40.6 Å². The molecular formula is C41H52N6O8. The highest BCUT2D eigenvalue weighted by Crippen LogP contribution is 2.27. The first-order chi connectivity index (χ1) is 26.8. The van der Waals surface area contributed by atoms with Gasteiger partial charge in [-0.25, -0.2) is 9.78 Å². The van der Waals surface area contributed by atoms with Crippen LogP contribution in [0.15, 0.2) is 60.7 Å². The predicted octanol–water partition coefficient (Wildman–Crippen LogP) is 4.06. The van der Waals surface area contributed by atoms with Gasteiger partial charge in [-0.1, -0.05) is 55.8 Å². The molecule has 2 aromatic carbocycles. The van der Waals surface area contributed by atoms with Gasteiger partial charge in [-0.15, -0.1) is 0 Å². The quantitative estimate of drug-likeness (QED) is 0.206. The number of fused-ring (bicyclic) bond motifs is 1. The number of nitrogens with one attached hydrogen (secondary N) is 2. The minimum atomic E-state index is -0.941. The summed E-state index contributed by atoms with van der Waals surface area (Å²) >= 11 is 0. The van der Waals surface area contributed by atoms with Crippen LogP contribution in [0.25, 0.3) is 10.9 Å². The van der Waals surface area contributed by atoms with Crippen molar-refractivity contribution in [3.63, 3.8) is 0 Å². The summed E-state index contributed by atoms with van der Waals surface area (Å²) in [6.07, 6.45) is 5.88. The average Bonchev–Trinajstić information content (AvgIpc) is 3.70. The van der Waals surface area contributed by atoms with Crippen molar-refractivity contribution in [1.29, 1.82) is 0 Å². The summed E-state index contributed by atoms with van der Waals surface area (Å²) in [7, 11) is 0. The summed E-state index contributed by atoms with van der Waals surface area (Å²) in [6, 6.07) is 17.0. The fourth-order valence-corrected chi connectivity index (χ4v) is 6.97. The molecule has 1 aliphatic carbocycles. The van der Waals surface area contributed by atoms with E-state index < -0.39 is 24.1 Å². The number of rotatable bonds is 16. The molecule has 1 saturated carbocycles. The van der Waals surface area contributed by atoms with Gasteiger partial charge < -0.3 is 39.5 Å². The molecule has 1 aromatic heterocycles. The Morgan fingerprint density at radius 1 is 0.873 bits per heavy atom. The lowest BCUT2D eigenvalue weighted by atomic mass is 9.93. The smallest absolute Gasteiger partial charge is 0.409 e. The summed E-state index contributed by atoms with van der Waals surface area (Å²) in [5, 5.41) is 6.56. The summed E-state index contributed by atoms with van der Waals surface area (Å²) < 4.78 is 17.3. The lowest BCUT2D eigenvalue weighted by Gasteiger charge is -2.36. The van der Waals surface area contributed by atoms with Crippen molar-refractivity contribution in [3.8, 4) is 5.75 Å². The largest absolute Gasteiger partial charge is 0.483 e. The number of hydrogen-bond donors (Lipinski definition) is 2. The van der Waals surface area contributed by atoms with Crippen LogP contribution in [-0.2, 0) is 30.5 Å². The molecule has 6 rings (SSSR count). The summed E-state index contributed by atoms with van der Waals surface area (Å²) in [4.78, 5) is 76.1. The maximum atomic E-state index is 14.0. The molecule has 14 heteroatoms. The number of hydrogen-bond acceptors (Lipinski definition) is 9. The van der Waals surface area contributed by atoms with E-state index in [1.54, 1.807) is 32.9 Å². The monoisotopic (exact) mass is 756 g/mol. The third-order valence-electron chi connectivity index (χ3n) is 10.4. The van der Waals surface area contributed by atoms with Crippen molar-refractivity contribution < 1.29 is 38.2 Å². The standard InChI is InChI=1S/C41H52N6O8/c1-2-3-24-54-41(52)46-22-20-45(21-23-46)40(51)33(18-25-53-27-29-11-5-4-6-12-29)44-38(49)34-26-36(31-15-7-8-16-32(31)43-34)55-28-37(48)47-19-10-17-35(47)39(50)42-30-13-9-14-30/h4-8,11-12,15-16,26,30,33,35H,2-3,9-10,13-14,17-25,27-28H2,1H3,(H,42,50)(H,44,49)/t33-,35-/m0/s1. The van der Waals surface area contributed by atoms with E-state index in [1.165, 1.54) is 6.07 Å². The van der Waals surface area contributed by atoms with Gasteiger partial charge in [0.2, 0.25) is 11.8 Å². The second-order valence-corrected chi connectivity index (χ2v) is 14.3. The molecule has 2 N–H and O–H groups in total. The SMILES string of the molecule is CCCCOC(=O)N1CCN(C(=O)[C@H](CCOCc2ccccc2)NC(=O)c2cc(OCC(=O)N3CCC[C@H]3C(=O)NC3CCC3)c3ccccc3n2)CC1. The van der Waals surface area contributed by atoms with E-state index in [9.17, 15) is 24.0 Å². The number of amides is 5. The fourth-order valence-electron chi connectivity index (χ4n) is 6.97. The minimum absolute atomic E-state index is 0.0164. The number of likely N-dealkylation sites (tertiary alicyclic amines) is 1. The number of nitrogens with zero attached hydrogens (tertiary/aromatic N) is 4. The lowest BCUT2D eigenvalue weighted by Crippen LogP contribution is -2.56. The maximum absolute atomic E-state index is 14.0. The van der Waals surface area contributed by atoms with E-state index >= 15 is 0 Å². The van der Waals surface area contributed by atoms with Crippen LogP contribution in [0, 0.1) is 0 Å². The molecular weight excluding hydrogens is 704 g/mol. The van der Waals surface area contributed by atoms with Crippen LogP contribution in [0.2, 0.25) is 0 Å². The predicted molar refractivity (Wildman–Crippen MR) is 204 cm³/mol. The highest BCUT2D eigenvalue weighted by atomic mass is 16.6. The Kier molecular flexibility index (Phi) is 13.9. The Morgan fingerprint density at radius 3 is 2.36 bits per heavy atom. The van der Waals surface area contributed by atoms with Gasteiger partial charge in [0.1, 0.15) is 23.5 Å². The zero-order valence-corrected chi connectivity index (χ0v) is 31.6. The summed E-state index contributed by atoms with van der Waals surface area (Å²) in [5.41, 5.74) is 1.48. The Balaban J connectivity index is 1.12. The topological polar surface area (TPSA) is 160 Å². The molecule has 0 spiro atoms. The van der Waals surface area contributed by atoms with Gasteiger partial charge in [-0.05, 0) is 62.6 Å². The molecule has 14 nitrogen and oxygen atoms in total. The van der Waals surface area contributed by atoms with E-state index in [0.29, 0.717) is 63.3 Å². The molecule has 5 amide bonds. The van der Waals surface area contributed by atoms with Gasteiger partial charge in [0.15, 0.2) is 6.61 Å². The highest BCUT2D eigenvalue weighted by Gasteiger charge is 2.36. The number of para-hydroxylation sites is 1. The van der Waals surface area contributed by atoms with Crippen molar-refractivity contribution in [2.24, 2.45) is 0 Å². The van der Waals surface area contributed by atoms with Crippen LogP contribution in [0.4, 0.5) is 4.79 Å². The Hall–Kier alpha value is -5.24. The third-order valence-corrected chi connectivity index (χ3v) is 10.4. The molecule has 55 heavy (non-hydrogen) atoms. The molecule has 2 aliphatic heterocycles. The molecule has 0 unspecified atom stereocenters. The molecule has 3 aliphatic rings. The number of pyridine rings is 1. The van der Waals surface area contributed by atoms with E-state index in [1.807, 2.05) is 43.3 Å². The number of carbonyl (C=O) groups excluding carboxylic acids is 5. The average molecular weight is 757 g/mol. The van der Waals surface area contributed by atoms with Crippen LogP contribution in [0.1, 0.15) is 74.3 Å².